The number of carbonyl (C=O) groups is 1. The van der Waals surface area contributed by atoms with Crippen LogP contribution in [0.3, 0.4) is 0 Å². The Morgan fingerprint density at radius 3 is 2.67 bits per heavy atom. The molecule has 1 rings (SSSR count). The Bertz CT molecular complexity index is 357. The zero-order valence-corrected chi connectivity index (χ0v) is 9.97. The molecule has 82 valence electrons. The van der Waals surface area contributed by atoms with Gasteiger partial charge in [0.2, 0.25) is 0 Å². The van der Waals surface area contributed by atoms with Crippen molar-refractivity contribution < 1.29 is 9.53 Å². The number of rotatable bonds is 4. The summed E-state index contributed by atoms with van der Waals surface area (Å²) in [7, 11) is 1.54. The zero-order valence-electron chi connectivity index (χ0n) is 9.21. The van der Waals surface area contributed by atoms with Crippen molar-refractivity contribution >= 4 is 17.4 Å². The molecule has 0 spiro atoms. The first-order valence-corrected chi connectivity index (χ1v) is 5.31. The summed E-state index contributed by atoms with van der Waals surface area (Å²) < 4.78 is 5.09. The predicted molar refractivity (Wildman–Crippen MR) is 61.6 cm³/mol. The van der Waals surface area contributed by atoms with Gasteiger partial charge in [-0.05, 0) is 25.0 Å². The second-order valence-corrected chi connectivity index (χ2v) is 3.87. The van der Waals surface area contributed by atoms with Gasteiger partial charge in [-0.3, -0.25) is 4.79 Å². The number of hydrogen-bond acceptors (Lipinski definition) is 2. The molecule has 1 atom stereocenters. The molecule has 1 aromatic carbocycles. The Balaban J connectivity index is 2.96. The monoisotopic (exact) mass is 226 g/mol. The Labute approximate surface area is 95.2 Å². The molecule has 15 heavy (non-hydrogen) atoms. The van der Waals surface area contributed by atoms with Crippen LogP contribution >= 0.6 is 11.6 Å². The van der Waals surface area contributed by atoms with E-state index in [0.29, 0.717) is 17.0 Å². The first kappa shape index (κ1) is 12.2. The van der Waals surface area contributed by atoms with E-state index in [1.165, 1.54) is 0 Å². The maximum atomic E-state index is 11.9. The maximum absolute atomic E-state index is 11.9. The Kier molecular flexibility index (Phi) is 4.30. The summed E-state index contributed by atoms with van der Waals surface area (Å²) in [5.41, 5.74) is 1.58. The maximum Gasteiger partial charge on any atom is 0.191 e. The largest absolute Gasteiger partial charge is 0.373 e. The van der Waals surface area contributed by atoms with Crippen LogP contribution < -0.4 is 0 Å². The van der Waals surface area contributed by atoms with Gasteiger partial charge in [0.25, 0.3) is 0 Å². The van der Waals surface area contributed by atoms with Crippen LogP contribution in [0.15, 0.2) is 18.2 Å². The molecule has 0 aliphatic rings. The molecule has 0 aromatic heterocycles. The van der Waals surface area contributed by atoms with Crippen molar-refractivity contribution in [3.63, 3.8) is 0 Å². The van der Waals surface area contributed by atoms with Crippen molar-refractivity contribution in [2.24, 2.45) is 0 Å². The number of methoxy groups -OCH3 is 1. The molecular weight excluding hydrogens is 212 g/mol. The third-order valence-corrected chi connectivity index (χ3v) is 2.81. The molecule has 1 aromatic rings. The zero-order chi connectivity index (χ0) is 11.4. The topological polar surface area (TPSA) is 26.3 Å². The van der Waals surface area contributed by atoms with E-state index >= 15 is 0 Å². The van der Waals surface area contributed by atoms with Gasteiger partial charge in [0.15, 0.2) is 5.78 Å². The van der Waals surface area contributed by atoms with Crippen molar-refractivity contribution in [3.05, 3.63) is 34.3 Å². The number of ether oxygens (including phenoxy) is 1. The highest BCUT2D eigenvalue weighted by Crippen LogP contribution is 2.18. The normalized spacial score (nSPS) is 12.5. The number of carbonyl (C=O) groups excluding carboxylic acids is 1. The lowest BCUT2D eigenvalue weighted by molar-refractivity contribution is 0.0595. The van der Waals surface area contributed by atoms with Gasteiger partial charge >= 0.3 is 0 Å². The third kappa shape index (κ3) is 2.80. The Hall–Kier alpha value is -0.860. The summed E-state index contributed by atoms with van der Waals surface area (Å²) in [5, 5.41) is 0.617. The van der Waals surface area contributed by atoms with E-state index in [1.807, 2.05) is 19.9 Å². The standard InChI is InChI=1S/C12H15ClO2/c1-4-11(15-3)12(14)9-6-5-8(2)10(13)7-9/h5-7,11H,4H2,1-3H3. The smallest absolute Gasteiger partial charge is 0.191 e. The summed E-state index contributed by atoms with van der Waals surface area (Å²) >= 11 is 5.96. The minimum Gasteiger partial charge on any atom is -0.373 e. The van der Waals surface area contributed by atoms with Gasteiger partial charge in [-0.2, -0.15) is 0 Å². The minimum absolute atomic E-state index is 0.0121. The van der Waals surface area contributed by atoms with Gasteiger partial charge in [0.05, 0.1) is 0 Å². The molecule has 0 amide bonds. The summed E-state index contributed by atoms with van der Waals surface area (Å²) in [6.45, 7) is 3.83. The molecule has 2 nitrogen and oxygen atoms in total. The molecule has 0 bridgehead atoms. The lowest BCUT2D eigenvalue weighted by Gasteiger charge is -2.12. The van der Waals surface area contributed by atoms with E-state index in [9.17, 15) is 4.79 Å². The van der Waals surface area contributed by atoms with E-state index in [0.717, 1.165) is 5.56 Å². The third-order valence-electron chi connectivity index (χ3n) is 2.40. The number of aryl methyl sites for hydroxylation is 1. The molecule has 0 N–H and O–H groups in total. The van der Waals surface area contributed by atoms with Crippen LogP contribution in [0, 0.1) is 6.92 Å². The van der Waals surface area contributed by atoms with E-state index in [1.54, 1.807) is 19.2 Å². The Morgan fingerprint density at radius 1 is 1.53 bits per heavy atom. The summed E-state index contributed by atoms with van der Waals surface area (Å²) in [6, 6.07) is 5.32. The molecule has 0 fully saturated rings. The fourth-order valence-corrected chi connectivity index (χ4v) is 1.57. The predicted octanol–water partition coefficient (Wildman–Crippen LogP) is 3.26. The van der Waals surface area contributed by atoms with Gasteiger partial charge in [-0.15, -0.1) is 0 Å². The van der Waals surface area contributed by atoms with Gasteiger partial charge < -0.3 is 4.74 Å². The van der Waals surface area contributed by atoms with Crippen molar-refractivity contribution in [3.8, 4) is 0 Å². The van der Waals surface area contributed by atoms with Crippen molar-refractivity contribution in [1.82, 2.24) is 0 Å². The highest BCUT2D eigenvalue weighted by molar-refractivity contribution is 6.31. The first-order valence-electron chi connectivity index (χ1n) is 4.93. The molecule has 0 aliphatic carbocycles. The highest BCUT2D eigenvalue weighted by Gasteiger charge is 2.17. The van der Waals surface area contributed by atoms with Gasteiger partial charge in [0, 0.05) is 17.7 Å². The number of ketones is 1. The van der Waals surface area contributed by atoms with E-state index in [4.69, 9.17) is 16.3 Å². The average molecular weight is 227 g/mol. The van der Waals surface area contributed by atoms with Crippen molar-refractivity contribution in [2.75, 3.05) is 7.11 Å². The number of halogens is 1. The quantitative estimate of drug-likeness (QED) is 0.737. The highest BCUT2D eigenvalue weighted by atomic mass is 35.5. The van der Waals surface area contributed by atoms with Crippen LogP contribution in [-0.4, -0.2) is 19.0 Å². The minimum atomic E-state index is -0.372. The van der Waals surface area contributed by atoms with Crippen molar-refractivity contribution in [2.45, 2.75) is 26.4 Å². The first-order chi connectivity index (χ1) is 7.10. The molecule has 0 aliphatic heterocycles. The van der Waals surface area contributed by atoms with Gasteiger partial charge in [-0.1, -0.05) is 30.7 Å². The van der Waals surface area contributed by atoms with Crippen molar-refractivity contribution in [1.29, 1.82) is 0 Å². The number of benzene rings is 1. The second-order valence-electron chi connectivity index (χ2n) is 3.46. The number of hydrogen-bond donors (Lipinski definition) is 0. The molecule has 0 saturated carbocycles. The van der Waals surface area contributed by atoms with Gasteiger partial charge in [0.1, 0.15) is 6.10 Å². The molecule has 3 heteroatoms. The summed E-state index contributed by atoms with van der Waals surface area (Å²) in [6.07, 6.45) is 0.296. The lowest BCUT2D eigenvalue weighted by atomic mass is 10.0. The van der Waals surface area contributed by atoms with Crippen LogP contribution in [0.2, 0.25) is 5.02 Å². The van der Waals surface area contributed by atoms with Crippen LogP contribution in [0.4, 0.5) is 0 Å². The average Bonchev–Trinajstić information content (AvgIpc) is 2.23. The fourth-order valence-electron chi connectivity index (χ4n) is 1.39. The molecule has 0 heterocycles. The van der Waals surface area contributed by atoms with Crippen LogP contribution in [0.5, 0.6) is 0 Å². The molecule has 0 saturated heterocycles. The van der Waals surface area contributed by atoms with E-state index in [2.05, 4.69) is 0 Å². The fraction of sp³-hybridized carbons (Fsp3) is 0.417. The van der Waals surface area contributed by atoms with Crippen LogP contribution in [-0.2, 0) is 4.74 Å². The lowest BCUT2D eigenvalue weighted by Crippen LogP contribution is -2.22. The second kappa shape index (κ2) is 5.29. The summed E-state index contributed by atoms with van der Waals surface area (Å²) in [5.74, 6) is -0.0121. The molecule has 1 unspecified atom stereocenters. The van der Waals surface area contributed by atoms with Gasteiger partial charge in [-0.25, -0.2) is 0 Å². The van der Waals surface area contributed by atoms with E-state index < -0.39 is 0 Å². The molecular formula is C12H15ClO2. The molecule has 0 radical (unpaired) electrons. The van der Waals surface area contributed by atoms with Crippen LogP contribution in [0.25, 0.3) is 0 Å². The van der Waals surface area contributed by atoms with E-state index in [-0.39, 0.29) is 11.9 Å². The summed E-state index contributed by atoms with van der Waals surface area (Å²) in [4.78, 5) is 11.9. The Morgan fingerprint density at radius 2 is 2.20 bits per heavy atom. The van der Waals surface area contributed by atoms with Crippen LogP contribution in [0.1, 0.15) is 29.3 Å². The SMILES string of the molecule is CCC(OC)C(=O)c1ccc(C)c(Cl)c1. The number of Topliss-reactive ketones (excluding diaryl/α,β-unsaturated/α-hetero) is 1.